The third-order valence-corrected chi connectivity index (χ3v) is 4.95. The Hall–Kier alpha value is -1.64. The second-order valence-corrected chi connectivity index (χ2v) is 6.70. The van der Waals surface area contributed by atoms with Crippen LogP contribution in [0.25, 0.3) is 0 Å². The van der Waals surface area contributed by atoms with Crippen molar-refractivity contribution >= 4 is 5.91 Å². The first kappa shape index (κ1) is 17.2. The van der Waals surface area contributed by atoms with Crippen molar-refractivity contribution < 1.29 is 18.0 Å². The summed E-state index contributed by atoms with van der Waals surface area (Å²) in [6, 6.07) is -0.593. The smallest absolute Gasteiger partial charge is 0.332 e. The molecule has 1 aliphatic heterocycles. The van der Waals surface area contributed by atoms with Crippen LogP contribution in [0.15, 0.2) is 0 Å². The number of rotatable bonds is 3. The number of nitrogens with two attached hydrogens (primary N) is 1. The van der Waals surface area contributed by atoms with Crippen molar-refractivity contribution in [1.29, 1.82) is 0 Å². The Bertz CT molecular complexity index is 594. The molecule has 1 aromatic rings. The predicted octanol–water partition coefficient (Wildman–Crippen LogP) is 1.94. The monoisotopic (exact) mass is 345 g/mol. The summed E-state index contributed by atoms with van der Waals surface area (Å²) >= 11 is 0. The highest BCUT2D eigenvalue weighted by atomic mass is 19.4. The van der Waals surface area contributed by atoms with Crippen LogP contribution < -0.4 is 5.73 Å². The second kappa shape index (κ2) is 6.70. The molecule has 0 aromatic carbocycles. The highest BCUT2D eigenvalue weighted by Crippen LogP contribution is 2.30. The lowest BCUT2D eigenvalue weighted by Gasteiger charge is -2.31. The topological polar surface area (TPSA) is 77.0 Å². The van der Waals surface area contributed by atoms with Crippen molar-refractivity contribution in [3.63, 3.8) is 0 Å². The van der Waals surface area contributed by atoms with Crippen molar-refractivity contribution in [2.45, 2.75) is 63.8 Å². The van der Waals surface area contributed by atoms with Crippen molar-refractivity contribution in [3.05, 3.63) is 11.6 Å². The summed E-state index contributed by atoms with van der Waals surface area (Å²) in [5.41, 5.74) is 6.06. The van der Waals surface area contributed by atoms with E-state index in [9.17, 15) is 18.0 Å². The largest absolute Gasteiger partial charge is 0.451 e. The fourth-order valence-electron chi connectivity index (χ4n) is 3.67. The molecule has 1 amide bonds. The first-order valence-corrected chi connectivity index (χ1v) is 8.40. The van der Waals surface area contributed by atoms with Crippen LogP contribution in [-0.4, -0.2) is 38.2 Å². The zero-order valence-corrected chi connectivity index (χ0v) is 13.4. The molecule has 2 aliphatic rings. The van der Waals surface area contributed by atoms with Gasteiger partial charge in [-0.15, -0.1) is 10.2 Å². The third-order valence-electron chi connectivity index (χ3n) is 4.95. The van der Waals surface area contributed by atoms with E-state index in [4.69, 9.17) is 5.73 Å². The maximum atomic E-state index is 12.8. The van der Waals surface area contributed by atoms with E-state index in [1.807, 2.05) is 0 Å². The summed E-state index contributed by atoms with van der Waals surface area (Å²) in [5.74, 6) is -0.575. The Morgan fingerprint density at radius 2 is 1.92 bits per heavy atom. The van der Waals surface area contributed by atoms with E-state index in [-0.39, 0.29) is 31.4 Å². The van der Waals surface area contributed by atoms with Crippen molar-refractivity contribution in [2.24, 2.45) is 11.7 Å². The minimum absolute atomic E-state index is 0.0281. The fraction of sp³-hybridized carbons (Fsp3) is 0.800. The van der Waals surface area contributed by atoms with E-state index >= 15 is 0 Å². The normalized spacial score (nSPS) is 20.8. The molecule has 1 fully saturated rings. The number of aromatic nitrogens is 3. The van der Waals surface area contributed by atoms with E-state index in [0.29, 0.717) is 12.3 Å². The van der Waals surface area contributed by atoms with Gasteiger partial charge in [-0.25, -0.2) is 0 Å². The lowest BCUT2D eigenvalue weighted by Crippen LogP contribution is -2.48. The molecule has 0 radical (unpaired) electrons. The van der Waals surface area contributed by atoms with Crippen molar-refractivity contribution in [3.8, 4) is 0 Å². The molecule has 0 saturated heterocycles. The fourth-order valence-corrected chi connectivity index (χ4v) is 3.67. The SMILES string of the molecule is NC(CC1CCCCC1)C(=O)N1CCn2c(nnc2C(F)(F)F)C1. The Kier molecular flexibility index (Phi) is 4.80. The molecule has 24 heavy (non-hydrogen) atoms. The van der Waals surface area contributed by atoms with Crippen LogP contribution in [0.5, 0.6) is 0 Å². The van der Waals surface area contributed by atoms with Gasteiger partial charge in [-0.3, -0.25) is 4.79 Å². The van der Waals surface area contributed by atoms with Crippen LogP contribution in [0.2, 0.25) is 0 Å². The standard InChI is InChI=1S/C15H22F3N5O/c16-15(17,18)14-21-20-12-9-22(6-7-23(12)14)13(24)11(19)8-10-4-2-1-3-5-10/h10-11H,1-9,19H2. The number of halogens is 3. The Labute approximate surface area is 138 Å². The van der Waals surface area contributed by atoms with Gasteiger partial charge in [0.2, 0.25) is 11.7 Å². The van der Waals surface area contributed by atoms with Gasteiger partial charge in [0.25, 0.3) is 0 Å². The van der Waals surface area contributed by atoms with Gasteiger partial charge >= 0.3 is 6.18 Å². The molecule has 1 unspecified atom stereocenters. The molecule has 0 bridgehead atoms. The minimum atomic E-state index is -4.53. The molecule has 134 valence electrons. The third kappa shape index (κ3) is 3.55. The first-order valence-electron chi connectivity index (χ1n) is 8.40. The molecular weight excluding hydrogens is 323 g/mol. The number of carbonyl (C=O) groups excluding carboxylic acids is 1. The molecule has 3 rings (SSSR count). The number of alkyl halides is 3. The zero-order valence-electron chi connectivity index (χ0n) is 13.4. The van der Waals surface area contributed by atoms with Gasteiger partial charge in [0.1, 0.15) is 0 Å². The number of fused-ring (bicyclic) bond motifs is 1. The van der Waals surface area contributed by atoms with Gasteiger partial charge in [-0.1, -0.05) is 32.1 Å². The number of nitrogens with zero attached hydrogens (tertiary/aromatic N) is 4. The molecule has 9 heteroatoms. The molecule has 1 saturated carbocycles. The van der Waals surface area contributed by atoms with E-state index in [1.165, 1.54) is 24.2 Å². The van der Waals surface area contributed by atoms with E-state index in [2.05, 4.69) is 10.2 Å². The maximum absolute atomic E-state index is 12.8. The Balaban J connectivity index is 1.62. The minimum Gasteiger partial charge on any atom is -0.332 e. The molecule has 2 heterocycles. The number of hydrogen-bond acceptors (Lipinski definition) is 4. The summed E-state index contributed by atoms with van der Waals surface area (Å²) in [5, 5.41) is 6.81. The zero-order chi connectivity index (χ0) is 17.3. The summed E-state index contributed by atoms with van der Waals surface area (Å²) in [6.07, 6.45) is 1.92. The molecule has 0 spiro atoms. The lowest BCUT2D eigenvalue weighted by atomic mass is 9.85. The van der Waals surface area contributed by atoms with Gasteiger partial charge in [0.05, 0.1) is 12.6 Å². The summed E-state index contributed by atoms with van der Waals surface area (Å²) < 4.78 is 39.5. The molecule has 6 nitrogen and oxygen atoms in total. The number of hydrogen-bond donors (Lipinski definition) is 1. The molecule has 1 atom stereocenters. The van der Waals surface area contributed by atoms with Gasteiger partial charge in [0.15, 0.2) is 5.82 Å². The van der Waals surface area contributed by atoms with Gasteiger partial charge in [0, 0.05) is 13.1 Å². The van der Waals surface area contributed by atoms with Gasteiger partial charge < -0.3 is 15.2 Å². The van der Waals surface area contributed by atoms with Gasteiger partial charge in [-0.2, -0.15) is 13.2 Å². The Morgan fingerprint density at radius 1 is 1.21 bits per heavy atom. The van der Waals surface area contributed by atoms with Gasteiger partial charge in [-0.05, 0) is 12.3 Å². The van der Waals surface area contributed by atoms with E-state index in [0.717, 1.165) is 17.4 Å². The van der Waals surface area contributed by atoms with Crippen LogP contribution in [0.4, 0.5) is 13.2 Å². The summed E-state index contributed by atoms with van der Waals surface area (Å²) in [4.78, 5) is 14.0. The maximum Gasteiger partial charge on any atom is 0.451 e. The van der Waals surface area contributed by atoms with E-state index < -0.39 is 18.0 Å². The van der Waals surface area contributed by atoms with Crippen LogP contribution in [0.1, 0.15) is 50.2 Å². The van der Waals surface area contributed by atoms with Crippen molar-refractivity contribution in [2.75, 3.05) is 6.54 Å². The Morgan fingerprint density at radius 3 is 2.58 bits per heavy atom. The first-order chi connectivity index (χ1) is 11.4. The number of amides is 1. The van der Waals surface area contributed by atoms with Crippen LogP contribution in [-0.2, 0) is 24.1 Å². The molecular formula is C15H22F3N5O. The highest BCUT2D eigenvalue weighted by Gasteiger charge is 2.40. The molecule has 1 aromatic heterocycles. The van der Waals surface area contributed by atoms with E-state index in [1.54, 1.807) is 0 Å². The molecule has 1 aliphatic carbocycles. The summed E-state index contributed by atoms with van der Waals surface area (Å²) in [6.45, 7) is 0.269. The van der Waals surface area contributed by atoms with Crippen LogP contribution in [0.3, 0.4) is 0 Å². The average molecular weight is 345 g/mol. The second-order valence-electron chi connectivity index (χ2n) is 6.70. The summed E-state index contributed by atoms with van der Waals surface area (Å²) in [7, 11) is 0. The quantitative estimate of drug-likeness (QED) is 0.908. The number of carbonyl (C=O) groups is 1. The van der Waals surface area contributed by atoms with Crippen LogP contribution in [0, 0.1) is 5.92 Å². The van der Waals surface area contributed by atoms with Crippen molar-refractivity contribution in [1.82, 2.24) is 19.7 Å². The highest BCUT2D eigenvalue weighted by molar-refractivity contribution is 5.81. The van der Waals surface area contributed by atoms with Crippen LogP contribution >= 0.6 is 0 Å². The lowest BCUT2D eigenvalue weighted by molar-refractivity contribution is -0.148. The average Bonchev–Trinajstić information content (AvgIpc) is 2.98. The predicted molar refractivity (Wildman–Crippen MR) is 79.6 cm³/mol. The molecule has 2 N–H and O–H groups in total.